The van der Waals surface area contributed by atoms with Crippen LogP contribution in [0, 0.1) is 0 Å². The van der Waals surface area contributed by atoms with E-state index < -0.39 is 5.91 Å². The predicted octanol–water partition coefficient (Wildman–Crippen LogP) is 4.31. The number of ether oxygens (including phenoxy) is 2. The molecule has 0 heterocycles. The summed E-state index contributed by atoms with van der Waals surface area (Å²) >= 11 is 6.32. The van der Waals surface area contributed by atoms with E-state index in [-0.39, 0.29) is 12.5 Å². The van der Waals surface area contributed by atoms with Crippen molar-refractivity contribution in [3.63, 3.8) is 0 Å². The number of amides is 2. The van der Waals surface area contributed by atoms with Crippen molar-refractivity contribution >= 4 is 23.4 Å². The summed E-state index contributed by atoms with van der Waals surface area (Å²) in [7, 11) is 0. The van der Waals surface area contributed by atoms with Gasteiger partial charge in [-0.1, -0.05) is 48.9 Å². The summed E-state index contributed by atoms with van der Waals surface area (Å²) in [6.45, 7) is 7.59. The van der Waals surface area contributed by atoms with Crippen LogP contribution < -0.4 is 14.8 Å². The molecule has 0 radical (unpaired) electrons. The molecule has 0 saturated heterocycles. The topological polar surface area (TPSA) is 67.9 Å². The monoisotopic (exact) mass is 432 g/mol. The minimum atomic E-state index is -0.399. The normalized spacial score (nSPS) is 10.4. The SMILES string of the molecule is CCCOc1c(Cl)cc(C(=O)NCC(=O)N(CC)Cc2ccccc2)cc1OCC. The number of carbonyl (C=O) groups is 2. The van der Waals surface area contributed by atoms with Crippen molar-refractivity contribution in [3.05, 3.63) is 58.6 Å². The number of nitrogens with one attached hydrogen (secondary N) is 1. The number of nitrogens with zero attached hydrogens (tertiary/aromatic N) is 1. The summed E-state index contributed by atoms with van der Waals surface area (Å²) in [5.41, 5.74) is 1.35. The van der Waals surface area contributed by atoms with Crippen molar-refractivity contribution in [3.8, 4) is 11.5 Å². The van der Waals surface area contributed by atoms with Crippen molar-refractivity contribution in [2.24, 2.45) is 0 Å². The Hall–Kier alpha value is -2.73. The second-order valence-corrected chi connectivity index (χ2v) is 7.05. The second-order valence-electron chi connectivity index (χ2n) is 6.64. The van der Waals surface area contributed by atoms with E-state index >= 15 is 0 Å². The lowest BCUT2D eigenvalue weighted by Gasteiger charge is -2.21. The first kappa shape index (κ1) is 23.5. The van der Waals surface area contributed by atoms with Gasteiger partial charge in [0.2, 0.25) is 5.91 Å². The molecule has 0 aliphatic rings. The predicted molar refractivity (Wildman–Crippen MR) is 118 cm³/mol. The Kier molecular flexibility index (Phi) is 9.48. The van der Waals surface area contributed by atoms with Crippen molar-refractivity contribution in [2.75, 3.05) is 26.3 Å². The second kappa shape index (κ2) is 12.1. The van der Waals surface area contributed by atoms with Crippen molar-refractivity contribution in [2.45, 2.75) is 33.7 Å². The highest BCUT2D eigenvalue weighted by molar-refractivity contribution is 6.32. The van der Waals surface area contributed by atoms with Gasteiger partial charge in [0.1, 0.15) is 0 Å². The van der Waals surface area contributed by atoms with Gasteiger partial charge in [-0.2, -0.15) is 0 Å². The van der Waals surface area contributed by atoms with Gasteiger partial charge in [0.05, 0.1) is 24.8 Å². The van der Waals surface area contributed by atoms with E-state index in [2.05, 4.69) is 5.32 Å². The molecule has 0 fully saturated rings. The summed E-state index contributed by atoms with van der Waals surface area (Å²) < 4.78 is 11.2. The molecule has 0 bridgehead atoms. The van der Waals surface area contributed by atoms with E-state index in [0.29, 0.717) is 48.4 Å². The van der Waals surface area contributed by atoms with Crippen LogP contribution in [0.25, 0.3) is 0 Å². The molecule has 0 aliphatic heterocycles. The van der Waals surface area contributed by atoms with Gasteiger partial charge in [0.15, 0.2) is 11.5 Å². The highest BCUT2D eigenvalue weighted by atomic mass is 35.5. The van der Waals surface area contributed by atoms with Gasteiger partial charge in [-0.05, 0) is 38.0 Å². The van der Waals surface area contributed by atoms with E-state index in [0.717, 1.165) is 12.0 Å². The molecular formula is C23H29ClN2O4. The van der Waals surface area contributed by atoms with Gasteiger partial charge in [-0.25, -0.2) is 0 Å². The highest BCUT2D eigenvalue weighted by Crippen LogP contribution is 2.36. The van der Waals surface area contributed by atoms with Crippen LogP contribution in [0.5, 0.6) is 11.5 Å². The fourth-order valence-electron chi connectivity index (χ4n) is 2.86. The summed E-state index contributed by atoms with van der Waals surface area (Å²) in [4.78, 5) is 26.9. The first-order valence-corrected chi connectivity index (χ1v) is 10.6. The van der Waals surface area contributed by atoms with E-state index in [1.165, 1.54) is 6.07 Å². The highest BCUT2D eigenvalue weighted by Gasteiger charge is 2.18. The Bertz CT molecular complexity index is 843. The number of benzene rings is 2. The molecule has 0 aliphatic carbocycles. The molecule has 0 atom stereocenters. The van der Waals surface area contributed by atoms with Gasteiger partial charge in [0.25, 0.3) is 5.91 Å². The number of halogens is 1. The van der Waals surface area contributed by atoms with Crippen LogP contribution in [-0.2, 0) is 11.3 Å². The average molecular weight is 433 g/mol. The molecule has 0 spiro atoms. The van der Waals surface area contributed by atoms with Gasteiger partial charge in [-0.15, -0.1) is 0 Å². The molecule has 2 aromatic carbocycles. The minimum absolute atomic E-state index is 0.102. The number of carbonyl (C=O) groups excluding carboxylic acids is 2. The molecule has 6 nitrogen and oxygen atoms in total. The zero-order valence-corrected chi connectivity index (χ0v) is 18.5. The smallest absolute Gasteiger partial charge is 0.251 e. The summed E-state index contributed by atoms with van der Waals surface area (Å²) in [6, 6.07) is 12.8. The lowest BCUT2D eigenvalue weighted by molar-refractivity contribution is -0.130. The van der Waals surface area contributed by atoms with Crippen LogP contribution in [0.15, 0.2) is 42.5 Å². The molecule has 30 heavy (non-hydrogen) atoms. The van der Waals surface area contributed by atoms with E-state index in [1.54, 1.807) is 11.0 Å². The summed E-state index contributed by atoms with van der Waals surface area (Å²) in [5, 5.41) is 2.97. The molecular weight excluding hydrogens is 404 g/mol. The third-order valence-corrected chi connectivity index (χ3v) is 4.65. The van der Waals surface area contributed by atoms with Crippen LogP contribution in [0.3, 0.4) is 0 Å². The van der Waals surface area contributed by atoms with Crippen molar-refractivity contribution < 1.29 is 19.1 Å². The minimum Gasteiger partial charge on any atom is -0.490 e. The fraction of sp³-hybridized carbons (Fsp3) is 0.391. The molecule has 0 aromatic heterocycles. The molecule has 7 heteroatoms. The van der Waals surface area contributed by atoms with E-state index in [1.807, 2.05) is 51.1 Å². The van der Waals surface area contributed by atoms with Crippen LogP contribution >= 0.6 is 11.6 Å². The Morgan fingerprint density at radius 2 is 1.80 bits per heavy atom. The maximum absolute atomic E-state index is 12.6. The molecule has 0 saturated carbocycles. The van der Waals surface area contributed by atoms with E-state index in [9.17, 15) is 9.59 Å². The average Bonchev–Trinajstić information content (AvgIpc) is 2.75. The number of hydrogen-bond donors (Lipinski definition) is 1. The lowest BCUT2D eigenvalue weighted by atomic mass is 10.2. The first-order valence-electron chi connectivity index (χ1n) is 10.2. The van der Waals surface area contributed by atoms with Gasteiger partial charge >= 0.3 is 0 Å². The Morgan fingerprint density at radius 3 is 2.43 bits per heavy atom. The van der Waals surface area contributed by atoms with Crippen LogP contribution in [-0.4, -0.2) is 43.0 Å². The number of likely N-dealkylation sites (N-methyl/N-ethyl adjacent to an activating group) is 1. The van der Waals surface area contributed by atoms with Crippen molar-refractivity contribution in [1.82, 2.24) is 10.2 Å². The maximum Gasteiger partial charge on any atom is 0.251 e. The Balaban J connectivity index is 2.04. The van der Waals surface area contributed by atoms with Gasteiger partial charge < -0.3 is 19.7 Å². The van der Waals surface area contributed by atoms with Crippen LogP contribution in [0.4, 0.5) is 0 Å². The zero-order valence-electron chi connectivity index (χ0n) is 17.7. The zero-order chi connectivity index (χ0) is 21.9. The molecule has 2 aromatic rings. The molecule has 162 valence electrons. The van der Waals surface area contributed by atoms with E-state index in [4.69, 9.17) is 21.1 Å². The largest absolute Gasteiger partial charge is 0.490 e. The van der Waals surface area contributed by atoms with Gasteiger partial charge in [-0.3, -0.25) is 9.59 Å². The van der Waals surface area contributed by atoms with Crippen LogP contribution in [0.1, 0.15) is 43.1 Å². The molecule has 0 unspecified atom stereocenters. The first-order chi connectivity index (χ1) is 14.5. The van der Waals surface area contributed by atoms with Gasteiger partial charge in [0, 0.05) is 18.7 Å². The number of hydrogen-bond acceptors (Lipinski definition) is 4. The molecule has 2 amide bonds. The Morgan fingerprint density at radius 1 is 1.07 bits per heavy atom. The number of rotatable bonds is 11. The molecule has 1 N–H and O–H groups in total. The van der Waals surface area contributed by atoms with Crippen molar-refractivity contribution in [1.29, 1.82) is 0 Å². The fourth-order valence-corrected chi connectivity index (χ4v) is 3.12. The summed E-state index contributed by atoms with van der Waals surface area (Å²) in [5.74, 6) is 0.278. The standard InChI is InChI=1S/C23H29ClN2O4/c1-4-12-30-22-19(24)13-18(14-20(22)29-6-3)23(28)25-15-21(27)26(5-2)16-17-10-8-7-9-11-17/h7-11,13-14H,4-6,12,15-16H2,1-3H3,(H,25,28). The third kappa shape index (κ3) is 6.66. The molecule has 2 rings (SSSR count). The van der Waals surface area contributed by atoms with Crippen LogP contribution in [0.2, 0.25) is 5.02 Å². The maximum atomic E-state index is 12.6. The summed E-state index contributed by atoms with van der Waals surface area (Å²) in [6.07, 6.45) is 0.823. The third-order valence-electron chi connectivity index (χ3n) is 4.37. The Labute approximate surface area is 183 Å². The lowest BCUT2D eigenvalue weighted by Crippen LogP contribution is -2.39. The quantitative estimate of drug-likeness (QED) is 0.574.